The number of carboxylic acids is 1. The SMILES string of the molecule is Cc1cc(C)cc(OCCN2CC(O)CC2C(=O)O)c1. The van der Waals surface area contributed by atoms with E-state index in [4.69, 9.17) is 9.84 Å². The molecule has 1 saturated heterocycles. The van der Waals surface area contributed by atoms with E-state index in [1.54, 1.807) is 4.90 Å². The highest BCUT2D eigenvalue weighted by Gasteiger charge is 2.35. The molecule has 1 aromatic carbocycles. The molecule has 0 aromatic heterocycles. The van der Waals surface area contributed by atoms with Crippen molar-refractivity contribution in [3.05, 3.63) is 29.3 Å². The van der Waals surface area contributed by atoms with Gasteiger partial charge in [-0.1, -0.05) is 6.07 Å². The average Bonchev–Trinajstić information content (AvgIpc) is 2.69. The van der Waals surface area contributed by atoms with E-state index in [2.05, 4.69) is 6.07 Å². The van der Waals surface area contributed by atoms with Gasteiger partial charge in [0.25, 0.3) is 0 Å². The third kappa shape index (κ3) is 3.71. The number of benzene rings is 1. The van der Waals surface area contributed by atoms with E-state index >= 15 is 0 Å². The number of ether oxygens (including phenoxy) is 1. The first kappa shape index (κ1) is 14.8. The van der Waals surface area contributed by atoms with E-state index in [1.807, 2.05) is 26.0 Å². The molecular formula is C15H21NO4. The molecule has 1 aliphatic rings. The Balaban J connectivity index is 1.87. The first-order valence-electron chi connectivity index (χ1n) is 6.81. The Hall–Kier alpha value is -1.59. The van der Waals surface area contributed by atoms with Crippen LogP contribution in [0.15, 0.2) is 18.2 Å². The van der Waals surface area contributed by atoms with Crippen LogP contribution in [0.2, 0.25) is 0 Å². The molecule has 20 heavy (non-hydrogen) atoms. The fourth-order valence-electron chi connectivity index (χ4n) is 2.68. The quantitative estimate of drug-likeness (QED) is 0.847. The summed E-state index contributed by atoms with van der Waals surface area (Å²) in [5.41, 5.74) is 2.28. The lowest BCUT2D eigenvalue weighted by molar-refractivity contribution is -0.142. The van der Waals surface area contributed by atoms with Crippen LogP contribution < -0.4 is 4.74 Å². The molecule has 1 aliphatic heterocycles. The molecule has 0 spiro atoms. The predicted octanol–water partition coefficient (Wildman–Crippen LogP) is 1.20. The van der Waals surface area contributed by atoms with Crippen LogP contribution in [-0.2, 0) is 4.79 Å². The first-order chi connectivity index (χ1) is 9.45. The van der Waals surface area contributed by atoms with Gasteiger partial charge in [-0.15, -0.1) is 0 Å². The van der Waals surface area contributed by atoms with Crippen molar-refractivity contribution < 1.29 is 19.7 Å². The Bertz CT molecular complexity index is 469. The number of hydrogen-bond acceptors (Lipinski definition) is 4. The zero-order valence-electron chi connectivity index (χ0n) is 11.9. The summed E-state index contributed by atoms with van der Waals surface area (Å²) in [4.78, 5) is 12.8. The monoisotopic (exact) mass is 279 g/mol. The van der Waals surface area contributed by atoms with Gasteiger partial charge < -0.3 is 14.9 Å². The van der Waals surface area contributed by atoms with Gasteiger partial charge >= 0.3 is 5.97 Å². The second-order valence-electron chi connectivity index (χ2n) is 5.41. The third-order valence-corrected chi connectivity index (χ3v) is 3.51. The summed E-state index contributed by atoms with van der Waals surface area (Å²) in [5, 5.41) is 18.7. The fourth-order valence-corrected chi connectivity index (χ4v) is 2.68. The zero-order chi connectivity index (χ0) is 14.7. The maximum atomic E-state index is 11.1. The van der Waals surface area contributed by atoms with Crippen LogP contribution in [0.25, 0.3) is 0 Å². The van der Waals surface area contributed by atoms with E-state index in [0.29, 0.717) is 26.1 Å². The van der Waals surface area contributed by atoms with Crippen LogP contribution in [0.3, 0.4) is 0 Å². The minimum absolute atomic E-state index is 0.291. The van der Waals surface area contributed by atoms with Crippen LogP contribution in [0.4, 0.5) is 0 Å². The molecule has 2 unspecified atom stereocenters. The summed E-state index contributed by atoms with van der Waals surface area (Å²) < 4.78 is 5.68. The highest BCUT2D eigenvalue weighted by atomic mass is 16.5. The van der Waals surface area contributed by atoms with E-state index in [1.165, 1.54) is 0 Å². The Morgan fingerprint density at radius 1 is 1.35 bits per heavy atom. The topological polar surface area (TPSA) is 70.0 Å². The minimum Gasteiger partial charge on any atom is -0.492 e. The second-order valence-corrected chi connectivity index (χ2v) is 5.41. The number of aliphatic hydroxyl groups excluding tert-OH is 1. The molecule has 5 heteroatoms. The van der Waals surface area contributed by atoms with Gasteiger partial charge in [0.2, 0.25) is 0 Å². The van der Waals surface area contributed by atoms with Gasteiger partial charge in [-0.3, -0.25) is 9.69 Å². The third-order valence-electron chi connectivity index (χ3n) is 3.51. The van der Waals surface area contributed by atoms with Crippen molar-refractivity contribution in [3.63, 3.8) is 0 Å². The smallest absolute Gasteiger partial charge is 0.321 e. The van der Waals surface area contributed by atoms with Crippen molar-refractivity contribution in [2.24, 2.45) is 0 Å². The Labute approximate surface area is 118 Å². The molecule has 5 nitrogen and oxygen atoms in total. The van der Waals surface area contributed by atoms with Crippen molar-refractivity contribution in [1.29, 1.82) is 0 Å². The summed E-state index contributed by atoms with van der Waals surface area (Å²) >= 11 is 0. The van der Waals surface area contributed by atoms with E-state index in [0.717, 1.165) is 16.9 Å². The molecule has 2 atom stereocenters. The second kappa shape index (κ2) is 6.24. The maximum absolute atomic E-state index is 11.1. The molecule has 0 aliphatic carbocycles. The molecule has 1 fully saturated rings. The molecule has 1 heterocycles. The molecule has 2 N–H and O–H groups in total. The van der Waals surface area contributed by atoms with E-state index in [9.17, 15) is 9.90 Å². The van der Waals surface area contributed by atoms with Crippen LogP contribution in [-0.4, -0.2) is 52.9 Å². The van der Waals surface area contributed by atoms with Crippen molar-refractivity contribution in [2.75, 3.05) is 19.7 Å². The average molecular weight is 279 g/mol. The van der Waals surface area contributed by atoms with Crippen molar-refractivity contribution in [2.45, 2.75) is 32.4 Å². The van der Waals surface area contributed by atoms with Crippen LogP contribution in [0, 0.1) is 13.8 Å². The van der Waals surface area contributed by atoms with E-state index in [-0.39, 0.29) is 0 Å². The number of aliphatic hydroxyl groups is 1. The summed E-state index contributed by atoms with van der Waals surface area (Å²) in [6.45, 7) is 5.34. The van der Waals surface area contributed by atoms with Crippen molar-refractivity contribution in [3.8, 4) is 5.75 Å². The largest absolute Gasteiger partial charge is 0.492 e. The Morgan fingerprint density at radius 2 is 2.00 bits per heavy atom. The Morgan fingerprint density at radius 3 is 2.60 bits per heavy atom. The molecule has 0 amide bonds. The number of aliphatic carboxylic acids is 1. The molecule has 0 bridgehead atoms. The van der Waals surface area contributed by atoms with Crippen LogP contribution in [0.5, 0.6) is 5.75 Å². The number of nitrogens with zero attached hydrogens (tertiary/aromatic N) is 1. The highest BCUT2D eigenvalue weighted by molar-refractivity contribution is 5.74. The van der Waals surface area contributed by atoms with Gasteiger partial charge in [-0.2, -0.15) is 0 Å². The van der Waals surface area contributed by atoms with Gasteiger partial charge in [0.1, 0.15) is 18.4 Å². The van der Waals surface area contributed by atoms with Gasteiger partial charge in [-0.25, -0.2) is 0 Å². The lowest BCUT2D eigenvalue weighted by Crippen LogP contribution is -2.38. The highest BCUT2D eigenvalue weighted by Crippen LogP contribution is 2.19. The standard InChI is InChI=1S/C15H21NO4/c1-10-5-11(2)7-13(6-10)20-4-3-16-9-12(17)8-14(16)15(18)19/h5-7,12,14,17H,3-4,8-9H2,1-2H3,(H,18,19). The molecule has 110 valence electrons. The summed E-state index contributed by atoms with van der Waals surface area (Å²) in [6, 6.07) is 5.39. The normalized spacial score (nSPS) is 22.9. The number of carbonyl (C=O) groups is 1. The maximum Gasteiger partial charge on any atom is 0.321 e. The number of hydrogen-bond donors (Lipinski definition) is 2. The zero-order valence-corrected chi connectivity index (χ0v) is 11.9. The lowest BCUT2D eigenvalue weighted by Gasteiger charge is -2.20. The Kier molecular flexibility index (Phi) is 4.62. The summed E-state index contributed by atoms with van der Waals surface area (Å²) in [5.74, 6) is -0.0814. The summed E-state index contributed by atoms with van der Waals surface area (Å²) in [7, 11) is 0. The molecule has 2 rings (SSSR count). The van der Waals surface area contributed by atoms with Crippen LogP contribution in [0.1, 0.15) is 17.5 Å². The van der Waals surface area contributed by atoms with Crippen LogP contribution >= 0.6 is 0 Å². The molecular weight excluding hydrogens is 258 g/mol. The van der Waals surface area contributed by atoms with Gasteiger partial charge in [0, 0.05) is 19.5 Å². The molecule has 0 radical (unpaired) electrons. The number of rotatable bonds is 5. The number of aryl methyl sites for hydroxylation is 2. The first-order valence-corrected chi connectivity index (χ1v) is 6.81. The molecule has 0 saturated carbocycles. The van der Waals surface area contributed by atoms with Gasteiger partial charge in [-0.05, 0) is 37.1 Å². The number of β-amino-alcohol motifs (C(OH)–C–C–N with tert-alkyl or cyclic N) is 1. The minimum atomic E-state index is -0.882. The van der Waals surface area contributed by atoms with Gasteiger partial charge in [0.15, 0.2) is 0 Å². The van der Waals surface area contributed by atoms with Crippen molar-refractivity contribution >= 4 is 5.97 Å². The molecule has 1 aromatic rings. The van der Waals surface area contributed by atoms with Gasteiger partial charge in [0.05, 0.1) is 6.10 Å². The number of carboxylic acid groups (broad SMARTS) is 1. The fraction of sp³-hybridized carbons (Fsp3) is 0.533. The van der Waals surface area contributed by atoms with E-state index < -0.39 is 18.1 Å². The van der Waals surface area contributed by atoms with Crippen molar-refractivity contribution in [1.82, 2.24) is 4.90 Å². The predicted molar refractivity (Wildman–Crippen MR) is 75.0 cm³/mol. The summed E-state index contributed by atoms with van der Waals surface area (Å²) in [6.07, 6.45) is -0.267. The lowest BCUT2D eigenvalue weighted by atomic mass is 10.1. The number of likely N-dealkylation sites (tertiary alicyclic amines) is 1.